The minimum atomic E-state index is -3.40. The Hall–Kier alpha value is -0.590. The van der Waals surface area contributed by atoms with Crippen LogP contribution in [0.15, 0.2) is 17.3 Å². The summed E-state index contributed by atoms with van der Waals surface area (Å²) in [4.78, 5) is 0. The van der Waals surface area contributed by atoms with E-state index in [0.29, 0.717) is 24.9 Å². The number of halogens is 1. The lowest BCUT2D eigenvalue weighted by Gasteiger charge is -2.31. The Morgan fingerprint density at radius 3 is 3.06 bits per heavy atom. The predicted octanol–water partition coefficient (Wildman–Crippen LogP) is 1.44. The van der Waals surface area contributed by atoms with Crippen LogP contribution in [0.3, 0.4) is 0 Å². The van der Waals surface area contributed by atoms with E-state index in [2.05, 4.69) is 10.2 Å². The molecule has 1 unspecified atom stereocenters. The van der Waals surface area contributed by atoms with Gasteiger partial charge in [0.15, 0.2) is 5.03 Å². The van der Waals surface area contributed by atoms with Gasteiger partial charge in [-0.1, -0.05) is 0 Å². The standard InChI is InChI=1S/C10H16ClN3O2S/c11-5-3-9-2-1-7-14(8-9)17(15,16)10-4-6-12-13-10/h4,6,9H,1-3,5,7-8H2,(H,12,13). The summed E-state index contributed by atoms with van der Waals surface area (Å²) in [5.41, 5.74) is 0. The lowest BCUT2D eigenvalue weighted by Crippen LogP contribution is -2.40. The molecule has 1 aliphatic heterocycles. The summed E-state index contributed by atoms with van der Waals surface area (Å²) < 4.78 is 26.0. The number of alkyl halides is 1. The molecule has 0 bridgehead atoms. The molecule has 1 N–H and O–H groups in total. The number of aromatic nitrogens is 2. The first kappa shape index (κ1) is 12.9. The Balaban J connectivity index is 2.12. The Kier molecular flexibility index (Phi) is 4.06. The molecule has 96 valence electrons. The van der Waals surface area contributed by atoms with Crippen LogP contribution in [0, 0.1) is 5.92 Å². The van der Waals surface area contributed by atoms with Crippen molar-refractivity contribution in [2.75, 3.05) is 19.0 Å². The highest BCUT2D eigenvalue weighted by molar-refractivity contribution is 7.89. The van der Waals surface area contributed by atoms with Gasteiger partial charge in [0.1, 0.15) is 0 Å². The molecule has 0 saturated carbocycles. The van der Waals surface area contributed by atoms with Crippen molar-refractivity contribution >= 4 is 21.6 Å². The molecule has 1 aromatic heterocycles. The summed E-state index contributed by atoms with van der Waals surface area (Å²) in [7, 11) is -3.40. The lowest BCUT2D eigenvalue weighted by molar-refractivity contribution is 0.261. The van der Waals surface area contributed by atoms with E-state index >= 15 is 0 Å². The molecule has 1 fully saturated rings. The van der Waals surface area contributed by atoms with E-state index in [1.54, 1.807) is 0 Å². The van der Waals surface area contributed by atoms with Gasteiger partial charge < -0.3 is 0 Å². The van der Waals surface area contributed by atoms with Gasteiger partial charge in [0.05, 0.1) is 6.20 Å². The van der Waals surface area contributed by atoms with Crippen LogP contribution in [-0.2, 0) is 10.0 Å². The zero-order valence-electron chi connectivity index (χ0n) is 9.47. The van der Waals surface area contributed by atoms with Gasteiger partial charge in [-0.25, -0.2) is 8.42 Å². The number of H-pyrrole nitrogens is 1. The first-order chi connectivity index (χ1) is 8.14. The second-order valence-electron chi connectivity index (χ2n) is 4.27. The highest BCUT2D eigenvalue weighted by Gasteiger charge is 2.30. The third-order valence-electron chi connectivity index (χ3n) is 3.09. The summed E-state index contributed by atoms with van der Waals surface area (Å²) in [6.45, 7) is 1.15. The fraction of sp³-hybridized carbons (Fsp3) is 0.700. The van der Waals surface area contributed by atoms with Gasteiger partial charge in [-0.05, 0) is 31.2 Å². The van der Waals surface area contributed by atoms with Crippen molar-refractivity contribution in [3.8, 4) is 0 Å². The van der Waals surface area contributed by atoms with Gasteiger partial charge in [-0.3, -0.25) is 5.10 Å². The fourth-order valence-electron chi connectivity index (χ4n) is 2.16. The monoisotopic (exact) mass is 277 g/mol. The van der Waals surface area contributed by atoms with E-state index in [-0.39, 0.29) is 5.03 Å². The number of nitrogens with one attached hydrogen (secondary N) is 1. The van der Waals surface area contributed by atoms with Crippen molar-refractivity contribution in [2.24, 2.45) is 5.92 Å². The zero-order valence-corrected chi connectivity index (χ0v) is 11.0. The average Bonchev–Trinajstić information content (AvgIpc) is 2.84. The van der Waals surface area contributed by atoms with E-state index < -0.39 is 10.0 Å². The topological polar surface area (TPSA) is 66.1 Å². The van der Waals surface area contributed by atoms with Crippen molar-refractivity contribution in [2.45, 2.75) is 24.3 Å². The van der Waals surface area contributed by atoms with Crippen molar-refractivity contribution < 1.29 is 8.42 Å². The van der Waals surface area contributed by atoms with Crippen LogP contribution in [0.5, 0.6) is 0 Å². The quantitative estimate of drug-likeness (QED) is 0.847. The largest absolute Gasteiger partial charge is 0.266 e. The maximum absolute atomic E-state index is 12.2. The molecule has 0 radical (unpaired) electrons. The molecule has 1 aromatic rings. The lowest BCUT2D eigenvalue weighted by atomic mass is 9.97. The van der Waals surface area contributed by atoms with Crippen molar-refractivity contribution in [3.05, 3.63) is 12.3 Å². The molecule has 0 aliphatic carbocycles. The third-order valence-corrected chi connectivity index (χ3v) is 5.10. The Morgan fingerprint density at radius 2 is 2.41 bits per heavy atom. The molecule has 2 heterocycles. The molecule has 0 spiro atoms. The Bertz CT molecular complexity index is 444. The van der Waals surface area contributed by atoms with E-state index in [1.807, 2.05) is 0 Å². The van der Waals surface area contributed by atoms with Gasteiger partial charge >= 0.3 is 0 Å². The molecule has 1 aliphatic rings. The van der Waals surface area contributed by atoms with Crippen LogP contribution in [-0.4, -0.2) is 41.9 Å². The van der Waals surface area contributed by atoms with E-state index in [0.717, 1.165) is 19.3 Å². The number of nitrogens with zero attached hydrogens (tertiary/aromatic N) is 2. The smallest absolute Gasteiger partial charge is 0.259 e. The number of rotatable bonds is 4. The zero-order chi connectivity index (χ0) is 12.3. The predicted molar refractivity (Wildman–Crippen MR) is 65.4 cm³/mol. The van der Waals surface area contributed by atoms with Crippen LogP contribution < -0.4 is 0 Å². The molecular formula is C10H16ClN3O2S. The van der Waals surface area contributed by atoms with Crippen molar-refractivity contribution in [1.29, 1.82) is 0 Å². The van der Waals surface area contributed by atoms with Crippen molar-refractivity contribution in [1.82, 2.24) is 14.5 Å². The second-order valence-corrected chi connectivity index (χ2v) is 6.55. The van der Waals surface area contributed by atoms with Gasteiger partial charge in [-0.2, -0.15) is 9.40 Å². The Labute approximate surface area is 106 Å². The van der Waals surface area contributed by atoms with E-state index in [9.17, 15) is 8.42 Å². The fourth-order valence-corrected chi connectivity index (χ4v) is 3.93. The first-order valence-electron chi connectivity index (χ1n) is 5.70. The van der Waals surface area contributed by atoms with E-state index in [4.69, 9.17) is 11.6 Å². The highest BCUT2D eigenvalue weighted by Crippen LogP contribution is 2.24. The normalized spacial score (nSPS) is 22.8. The number of hydrogen-bond acceptors (Lipinski definition) is 3. The molecule has 2 rings (SSSR count). The van der Waals surface area contributed by atoms with Crippen LogP contribution in [0.1, 0.15) is 19.3 Å². The molecule has 0 amide bonds. The first-order valence-corrected chi connectivity index (χ1v) is 7.67. The maximum Gasteiger partial charge on any atom is 0.259 e. The third kappa shape index (κ3) is 2.81. The van der Waals surface area contributed by atoms with Gasteiger partial charge in [-0.15, -0.1) is 11.6 Å². The number of aromatic amines is 1. The molecular weight excluding hydrogens is 262 g/mol. The van der Waals surface area contributed by atoms with Crippen LogP contribution in [0.2, 0.25) is 0 Å². The van der Waals surface area contributed by atoms with Gasteiger partial charge in [0.25, 0.3) is 10.0 Å². The van der Waals surface area contributed by atoms with Crippen LogP contribution >= 0.6 is 11.6 Å². The second kappa shape index (κ2) is 5.37. The van der Waals surface area contributed by atoms with Gasteiger partial charge in [0, 0.05) is 19.0 Å². The van der Waals surface area contributed by atoms with Gasteiger partial charge in [0.2, 0.25) is 0 Å². The molecule has 7 heteroatoms. The van der Waals surface area contributed by atoms with E-state index in [1.165, 1.54) is 16.6 Å². The summed E-state index contributed by atoms with van der Waals surface area (Å²) in [6, 6.07) is 1.49. The Morgan fingerprint density at radius 1 is 1.59 bits per heavy atom. The summed E-state index contributed by atoms with van der Waals surface area (Å²) >= 11 is 5.71. The SMILES string of the molecule is O=S(=O)(c1ccn[nH]1)N1CCCC(CCCl)C1. The summed E-state index contributed by atoms with van der Waals surface area (Å²) in [6.07, 6.45) is 4.28. The van der Waals surface area contributed by atoms with Crippen molar-refractivity contribution in [3.63, 3.8) is 0 Å². The number of hydrogen-bond donors (Lipinski definition) is 1. The summed E-state index contributed by atoms with van der Waals surface area (Å²) in [5.74, 6) is 0.960. The summed E-state index contributed by atoms with van der Waals surface area (Å²) in [5, 5.41) is 6.37. The molecule has 1 saturated heterocycles. The highest BCUT2D eigenvalue weighted by atomic mass is 35.5. The maximum atomic E-state index is 12.2. The molecule has 5 nitrogen and oxygen atoms in total. The van der Waals surface area contributed by atoms with Crippen LogP contribution in [0.4, 0.5) is 0 Å². The number of piperidine rings is 1. The minimum Gasteiger partial charge on any atom is -0.266 e. The molecule has 17 heavy (non-hydrogen) atoms. The molecule has 1 atom stereocenters. The average molecular weight is 278 g/mol. The number of sulfonamides is 1. The minimum absolute atomic E-state index is 0.170. The van der Waals surface area contributed by atoms with Crippen LogP contribution in [0.25, 0.3) is 0 Å². The molecule has 0 aromatic carbocycles.